The van der Waals surface area contributed by atoms with Crippen LogP contribution in [0.3, 0.4) is 0 Å². The standard InChI is InChI=1S/C15H25NO3S/c1-2-10-7-12(13(8-10)15(18)19)14(17)16-9-11-3-5-20-6-4-11/h10-13H,2-9H2,1H3,(H,16,17)(H,18,19). The molecule has 1 amide bonds. The zero-order chi connectivity index (χ0) is 14.5. The van der Waals surface area contributed by atoms with Gasteiger partial charge in [0.05, 0.1) is 11.8 Å². The number of carbonyl (C=O) groups excluding carboxylic acids is 1. The van der Waals surface area contributed by atoms with Crippen molar-refractivity contribution in [2.45, 2.75) is 39.0 Å². The smallest absolute Gasteiger partial charge is 0.307 e. The molecule has 1 heterocycles. The Morgan fingerprint density at radius 3 is 2.40 bits per heavy atom. The zero-order valence-electron chi connectivity index (χ0n) is 12.1. The fourth-order valence-corrected chi connectivity index (χ4v) is 4.57. The van der Waals surface area contributed by atoms with E-state index in [2.05, 4.69) is 12.2 Å². The number of carboxylic acid groups (broad SMARTS) is 1. The highest BCUT2D eigenvalue weighted by atomic mass is 32.2. The second kappa shape index (κ2) is 7.34. The van der Waals surface area contributed by atoms with Gasteiger partial charge >= 0.3 is 5.97 Å². The molecule has 2 fully saturated rings. The average Bonchev–Trinajstić information content (AvgIpc) is 2.90. The minimum absolute atomic E-state index is 0.0356. The molecule has 0 bridgehead atoms. The highest BCUT2D eigenvalue weighted by Gasteiger charge is 2.42. The highest BCUT2D eigenvalue weighted by Crippen LogP contribution is 2.38. The molecule has 5 heteroatoms. The summed E-state index contributed by atoms with van der Waals surface area (Å²) in [5.74, 6) is 1.67. The topological polar surface area (TPSA) is 66.4 Å². The molecule has 4 nitrogen and oxygen atoms in total. The van der Waals surface area contributed by atoms with Gasteiger partial charge in [-0.1, -0.05) is 13.3 Å². The highest BCUT2D eigenvalue weighted by molar-refractivity contribution is 7.99. The van der Waals surface area contributed by atoms with Crippen molar-refractivity contribution in [3.05, 3.63) is 0 Å². The number of aliphatic carboxylic acids is 1. The molecule has 3 unspecified atom stereocenters. The summed E-state index contributed by atoms with van der Waals surface area (Å²) in [7, 11) is 0. The van der Waals surface area contributed by atoms with Crippen molar-refractivity contribution >= 4 is 23.6 Å². The van der Waals surface area contributed by atoms with Gasteiger partial charge < -0.3 is 10.4 Å². The first-order valence-corrected chi connectivity index (χ1v) is 8.85. The maximum absolute atomic E-state index is 12.3. The number of carboxylic acids is 1. The van der Waals surface area contributed by atoms with Crippen LogP contribution in [-0.2, 0) is 9.59 Å². The quantitative estimate of drug-likeness (QED) is 0.818. The zero-order valence-corrected chi connectivity index (χ0v) is 13.0. The first-order chi connectivity index (χ1) is 9.61. The molecule has 1 aliphatic heterocycles. The summed E-state index contributed by atoms with van der Waals surface area (Å²) in [6, 6.07) is 0. The molecule has 0 aromatic heterocycles. The molecule has 0 aromatic rings. The number of carbonyl (C=O) groups is 2. The Bertz CT molecular complexity index is 355. The Balaban J connectivity index is 1.85. The van der Waals surface area contributed by atoms with Gasteiger partial charge in [0.25, 0.3) is 0 Å². The Labute approximate surface area is 125 Å². The van der Waals surface area contributed by atoms with Gasteiger partial charge in [-0.25, -0.2) is 0 Å². The van der Waals surface area contributed by atoms with Crippen molar-refractivity contribution in [2.75, 3.05) is 18.1 Å². The summed E-state index contributed by atoms with van der Waals surface area (Å²) in [6.45, 7) is 2.79. The van der Waals surface area contributed by atoms with Crippen LogP contribution in [0.2, 0.25) is 0 Å². The van der Waals surface area contributed by atoms with Gasteiger partial charge in [0.1, 0.15) is 0 Å². The van der Waals surface area contributed by atoms with E-state index in [0.29, 0.717) is 18.3 Å². The summed E-state index contributed by atoms with van der Waals surface area (Å²) in [4.78, 5) is 23.6. The maximum atomic E-state index is 12.3. The van der Waals surface area contributed by atoms with E-state index < -0.39 is 11.9 Å². The van der Waals surface area contributed by atoms with Gasteiger partial charge in [-0.05, 0) is 49.0 Å². The van der Waals surface area contributed by atoms with Crippen LogP contribution in [0.4, 0.5) is 0 Å². The van der Waals surface area contributed by atoms with Crippen LogP contribution >= 0.6 is 11.8 Å². The molecule has 2 rings (SSSR count). The molecule has 0 spiro atoms. The van der Waals surface area contributed by atoms with Crippen molar-refractivity contribution in [3.8, 4) is 0 Å². The lowest BCUT2D eigenvalue weighted by molar-refractivity contribution is -0.146. The molecule has 114 valence electrons. The third-order valence-electron chi connectivity index (χ3n) is 4.80. The lowest BCUT2D eigenvalue weighted by Crippen LogP contribution is -2.38. The maximum Gasteiger partial charge on any atom is 0.307 e. The van der Waals surface area contributed by atoms with E-state index in [4.69, 9.17) is 0 Å². The number of thioether (sulfide) groups is 1. The summed E-state index contributed by atoms with van der Waals surface area (Å²) in [6.07, 6.45) is 4.68. The molecule has 20 heavy (non-hydrogen) atoms. The first kappa shape index (κ1) is 15.7. The Hall–Kier alpha value is -0.710. The number of rotatable bonds is 5. The van der Waals surface area contributed by atoms with Gasteiger partial charge in [0.2, 0.25) is 5.91 Å². The van der Waals surface area contributed by atoms with E-state index in [1.807, 2.05) is 11.8 Å². The fourth-order valence-electron chi connectivity index (χ4n) is 3.37. The van der Waals surface area contributed by atoms with Gasteiger partial charge in [-0.3, -0.25) is 9.59 Å². The minimum Gasteiger partial charge on any atom is -0.481 e. The molecule has 0 radical (unpaired) electrons. The fraction of sp³-hybridized carbons (Fsp3) is 0.867. The average molecular weight is 299 g/mol. The van der Waals surface area contributed by atoms with Crippen molar-refractivity contribution in [3.63, 3.8) is 0 Å². The van der Waals surface area contributed by atoms with Crippen LogP contribution in [0, 0.1) is 23.7 Å². The van der Waals surface area contributed by atoms with Crippen LogP contribution in [0.5, 0.6) is 0 Å². The van der Waals surface area contributed by atoms with E-state index in [-0.39, 0.29) is 11.8 Å². The predicted octanol–water partition coefficient (Wildman–Crippen LogP) is 2.38. The van der Waals surface area contributed by atoms with Crippen molar-refractivity contribution < 1.29 is 14.7 Å². The van der Waals surface area contributed by atoms with Gasteiger partial charge in [0, 0.05) is 6.54 Å². The van der Waals surface area contributed by atoms with E-state index in [9.17, 15) is 14.7 Å². The Morgan fingerprint density at radius 1 is 1.15 bits per heavy atom. The van der Waals surface area contributed by atoms with Crippen molar-refractivity contribution in [1.82, 2.24) is 5.32 Å². The van der Waals surface area contributed by atoms with Crippen LogP contribution < -0.4 is 5.32 Å². The summed E-state index contributed by atoms with van der Waals surface area (Å²) in [5.41, 5.74) is 0. The lowest BCUT2D eigenvalue weighted by atomic mass is 9.95. The second-order valence-corrected chi connectivity index (χ2v) is 7.32. The normalized spacial score (nSPS) is 31.1. The molecule has 3 atom stereocenters. The molecule has 2 N–H and O–H groups in total. The third kappa shape index (κ3) is 3.90. The van der Waals surface area contributed by atoms with E-state index in [0.717, 1.165) is 32.2 Å². The molecule has 1 saturated heterocycles. The first-order valence-electron chi connectivity index (χ1n) is 7.70. The van der Waals surface area contributed by atoms with Crippen LogP contribution in [-0.4, -0.2) is 35.0 Å². The molecule has 1 aliphatic carbocycles. The lowest BCUT2D eigenvalue weighted by Gasteiger charge is -2.23. The van der Waals surface area contributed by atoms with Gasteiger partial charge in [-0.2, -0.15) is 11.8 Å². The van der Waals surface area contributed by atoms with E-state index >= 15 is 0 Å². The van der Waals surface area contributed by atoms with Crippen molar-refractivity contribution in [2.24, 2.45) is 23.7 Å². The molecule has 2 aliphatic rings. The summed E-state index contributed by atoms with van der Waals surface area (Å²) < 4.78 is 0. The Morgan fingerprint density at radius 2 is 1.80 bits per heavy atom. The number of hydrogen-bond donors (Lipinski definition) is 2. The van der Waals surface area contributed by atoms with Crippen LogP contribution in [0.15, 0.2) is 0 Å². The largest absolute Gasteiger partial charge is 0.481 e. The number of nitrogens with one attached hydrogen (secondary N) is 1. The molecule has 0 aromatic carbocycles. The SMILES string of the molecule is CCC1CC(C(=O)O)C(C(=O)NCC2CCSCC2)C1. The third-order valence-corrected chi connectivity index (χ3v) is 5.85. The number of amides is 1. The predicted molar refractivity (Wildman–Crippen MR) is 80.7 cm³/mol. The molecular formula is C15H25NO3S. The summed E-state index contributed by atoms with van der Waals surface area (Å²) >= 11 is 1.98. The minimum atomic E-state index is -0.810. The summed E-state index contributed by atoms with van der Waals surface area (Å²) in [5, 5.41) is 12.3. The van der Waals surface area contributed by atoms with Crippen molar-refractivity contribution in [1.29, 1.82) is 0 Å². The Kier molecular flexibility index (Phi) is 5.75. The van der Waals surface area contributed by atoms with Crippen LogP contribution in [0.25, 0.3) is 0 Å². The van der Waals surface area contributed by atoms with Crippen LogP contribution in [0.1, 0.15) is 39.0 Å². The van der Waals surface area contributed by atoms with E-state index in [1.165, 1.54) is 11.5 Å². The van der Waals surface area contributed by atoms with Gasteiger partial charge in [-0.15, -0.1) is 0 Å². The molecular weight excluding hydrogens is 274 g/mol. The number of hydrogen-bond acceptors (Lipinski definition) is 3. The second-order valence-electron chi connectivity index (χ2n) is 6.10. The monoisotopic (exact) mass is 299 g/mol. The van der Waals surface area contributed by atoms with E-state index in [1.54, 1.807) is 0 Å². The van der Waals surface area contributed by atoms with Gasteiger partial charge in [0.15, 0.2) is 0 Å². The molecule has 1 saturated carbocycles.